The molecule has 23 heavy (non-hydrogen) atoms. The largest absolute Gasteiger partial charge is 0.497 e. The molecular weight excluding hydrogens is 316 g/mol. The summed E-state index contributed by atoms with van der Waals surface area (Å²) in [4.78, 5) is 11.4. The van der Waals surface area contributed by atoms with Gasteiger partial charge in [-0.15, -0.1) is 0 Å². The highest BCUT2D eigenvalue weighted by molar-refractivity contribution is 6.36. The van der Waals surface area contributed by atoms with E-state index in [-0.39, 0.29) is 5.69 Å². The predicted octanol–water partition coefficient (Wildman–Crippen LogP) is 4.28. The molecule has 5 nitrogen and oxygen atoms in total. The second-order valence-corrected chi connectivity index (χ2v) is 5.52. The minimum atomic E-state index is -0.993. The fourth-order valence-electron chi connectivity index (χ4n) is 2.60. The van der Waals surface area contributed by atoms with Gasteiger partial charge in [0, 0.05) is 24.2 Å². The smallest absolute Gasteiger partial charge is 0.352 e. The lowest BCUT2D eigenvalue weighted by molar-refractivity contribution is 0.0687. The zero-order valence-corrected chi connectivity index (χ0v) is 13.4. The van der Waals surface area contributed by atoms with Crippen molar-refractivity contribution in [3.05, 3.63) is 53.2 Å². The Bertz CT molecular complexity index is 902. The summed E-state index contributed by atoms with van der Waals surface area (Å²) in [5.41, 5.74) is 2.53. The van der Waals surface area contributed by atoms with Gasteiger partial charge in [-0.2, -0.15) is 0 Å². The number of hydrogen-bond acceptors (Lipinski definition) is 3. The molecule has 0 fully saturated rings. The zero-order valence-electron chi connectivity index (χ0n) is 12.6. The molecule has 6 heteroatoms. The maximum Gasteiger partial charge on any atom is 0.352 e. The first kappa shape index (κ1) is 15.2. The number of carbonyl (C=O) groups is 1. The number of hydrogen-bond donors (Lipinski definition) is 2. The van der Waals surface area contributed by atoms with E-state index in [1.807, 2.05) is 30.3 Å². The van der Waals surface area contributed by atoms with Crippen LogP contribution in [0.3, 0.4) is 0 Å². The number of anilines is 2. The Morgan fingerprint density at radius 2 is 2.04 bits per heavy atom. The van der Waals surface area contributed by atoms with E-state index >= 15 is 0 Å². The Balaban J connectivity index is 2.14. The molecular formula is C17H15ClN2O3. The summed E-state index contributed by atoms with van der Waals surface area (Å²) in [7, 11) is 3.31. The van der Waals surface area contributed by atoms with Gasteiger partial charge in [-0.1, -0.05) is 17.7 Å². The standard InChI is InChI=1S/C17H15ClN2O3/c1-20-15(17(21)22)9-12-13(18)6-7-14(16(12)20)19-10-4-3-5-11(8-10)23-2/h3-9,19H,1-2H3,(H,21,22). The van der Waals surface area contributed by atoms with Crippen molar-refractivity contribution < 1.29 is 14.6 Å². The number of carboxylic acids is 1. The molecule has 1 aromatic heterocycles. The molecule has 0 unspecified atom stereocenters. The van der Waals surface area contributed by atoms with Gasteiger partial charge in [-0.05, 0) is 30.3 Å². The van der Waals surface area contributed by atoms with E-state index in [1.165, 1.54) is 0 Å². The minimum Gasteiger partial charge on any atom is -0.497 e. The van der Waals surface area contributed by atoms with Crippen LogP contribution in [0.5, 0.6) is 5.75 Å². The van der Waals surface area contributed by atoms with Crippen LogP contribution >= 0.6 is 11.6 Å². The number of benzene rings is 2. The number of fused-ring (bicyclic) bond motifs is 1. The highest BCUT2D eigenvalue weighted by atomic mass is 35.5. The molecule has 3 aromatic rings. The average Bonchev–Trinajstić information content (AvgIpc) is 2.89. The topological polar surface area (TPSA) is 63.5 Å². The quantitative estimate of drug-likeness (QED) is 0.749. The Hall–Kier alpha value is -2.66. The van der Waals surface area contributed by atoms with E-state index in [9.17, 15) is 9.90 Å². The van der Waals surface area contributed by atoms with Crippen molar-refractivity contribution in [2.45, 2.75) is 0 Å². The third-order valence-electron chi connectivity index (χ3n) is 3.71. The third kappa shape index (κ3) is 2.71. The average molecular weight is 331 g/mol. The van der Waals surface area contributed by atoms with Crippen LogP contribution in [0.2, 0.25) is 5.02 Å². The van der Waals surface area contributed by atoms with Crippen molar-refractivity contribution in [2.24, 2.45) is 7.05 Å². The molecule has 0 aliphatic carbocycles. The molecule has 0 amide bonds. The number of nitrogens with one attached hydrogen (secondary N) is 1. The van der Waals surface area contributed by atoms with Crippen molar-refractivity contribution >= 4 is 39.8 Å². The number of ether oxygens (including phenoxy) is 1. The van der Waals surface area contributed by atoms with E-state index in [0.717, 1.165) is 22.6 Å². The molecule has 1 heterocycles. The van der Waals surface area contributed by atoms with E-state index in [1.54, 1.807) is 30.9 Å². The molecule has 2 aromatic carbocycles. The number of carboxylic acid groups (broad SMARTS) is 1. The fraction of sp³-hybridized carbons (Fsp3) is 0.118. The van der Waals surface area contributed by atoms with Crippen LogP contribution in [0.25, 0.3) is 10.9 Å². The van der Waals surface area contributed by atoms with Crippen molar-refractivity contribution in [3.8, 4) is 5.75 Å². The van der Waals surface area contributed by atoms with E-state index in [0.29, 0.717) is 10.4 Å². The molecule has 2 N–H and O–H groups in total. The zero-order chi connectivity index (χ0) is 16.6. The van der Waals surface area contributed by atoms with Crippen molar-refractivity contribution in [2.75, 3.05) is 12.4 Å². The van der Waals surface area contributed by atoms with Gasteiger partial charge in [0.05, 0.1) is 23.3 Å². The van der Waals surface area contributed by atoms with Crippen LogP contribution in [0, 0.1) is 0 Å². The summed E-state index contributed by atoms with van der Waals surface area (Å²) in [6.07, 6.45) is 0. The van der Waals surface area contributed by atoms with Crippen molar-refractivity contribution in [1.82, 2.24) is 4.57 Å². The maximum absolute atomic E-state index is 11.4. The Kier molecular flexibility index (Phi) is 3.88. The monoisotopic (exact) mass is 330 g/mol. The second-order valence-electron chi connectivity index (χ2n) is 5.11. The van der Waals surface area contributed by atoms with Crippen LogP contribution in [0.1, 0.15) is 10.5 Å². The van der Waals surface area contributed by atoms with Crippen LogP contribution in [0.15, 0.2) is 42.5 Å². The first-order valence-corrected chi connectivity index (χ1v) is 7.31. The van der Waals surface area contributed by atoms with Gasteiger partial charge in [0.25, 0.3) is 0 Å². The minimum absolute atomic E-state index is 0.182. The third-order valence-corrected chi connectivity index (χ3v) is 4.04. The normalized spacial score (nSPS) is 10.7. The van der Waals surface area contributed by atoms with Crippen molar-refractivity contribution in [1.29, 1.82) is 0 Å². The number of rotatable bonds is 4. The van der Waals surface area contributed by atoms with Crippen molar-refractivity contribution in [3.63, 3.8) is 0 Å². The highest BCUT2D eigenvalue weighted by Crippen LogP contribution is 2.34. The van der Waals surface area contributed by atoms with E-state index < -0.39 is 5.97 Å². The molecule has 0 spiro atoms. The second kappa shape index (κ2) is 5.85. The van der Waals surface area contributed by atoms with E-state index in [4.69, 9.17) is 16.3 Å². The van der Waals surface area contributed by atoms with Crippen LogP contribution in [-0.4, -0.2) is 22.8 Å². The number of aromatic nitrogens is 1. The van der Waals surface area contributed by atoms with Gasteiger partial charge in [-0.3, -0.25) is 0 Å². The number of aromatic carboxylic acids is 1. The van der Waals surface area contributed by atoms with E-state index in [2.05, 4.69) is 5.32 Å². The van der Waals surface area contributed by atoms with Gasteiger partial charge in [0.15, 0.2) is 0 Å². The molecule has 0 saturated carbocycles. The lowest BCUT2D eigenvalue weighted by Gasteiger charge is -2.12. The molecule has 0 atom stereocenters. The van der Waals surface area contributed by atoms with Crippen LogP contribution < -0.4 is 10.1 Å². The number of nitrogens with zero attached hydrogens (tertiary/aromatic N) is 1. The lowest BCUT2D eigenvalue weighted by Crippen LogP contribution is -2.04. The first-order valence-electron chi connectivity index (χ1n) is 6.93. The lowest BCUT2D eigenvalue weighted by atomic mass is 10.2. The van der Waals surface area contributed by atoms with Gasteiger partial charge < -0.3 is 19.7 Å². The van der Waals surface area contributed by atoms with Gasteiger partial charge >= 0.3 is 5.97 Å². The SMILES string of the molecule is COc1cccc(Nc2ccc(Cl)c3cc(C(=O)O)n(C)c23)c1. The molecule has 118 valence electrons. The number of aryl methyl sites for hydroxylation is 1. The van der Waals surface area contributed by atoms with Crippen LogP contribution in [-0.2, 0) is 7.05 Å². The molecule has 3 rings (SSSR count). The van der Waals surface area contributed by atoms with Gasteiger partial charge in [-0.25, -0.2) is 4.79 Å². The molecule has 0 saturated heterocycles. The Morgan fingerprint density at radius 3 is 2.74 bits per heavy atom. The van der Waals surface area contributed by atoms with Gasteiger partial charge in [0.2, 0.25) is 0 Å². The summed E-state index contributed by atoms with van der Waals surface area (Å²) >= 11 is 6.22. The summed E-state index contributed by atoms with van der Waals surface area (Å²) < 4.78 is 6.83. The van der Waals surface area contributed by atoms with Crippen LogP contribution in [0.4, 0.5) is 11.4 Å². The molecule has 0 aliphatic rings. The fourth-order valence-corrected chi connectivity index (χ4v) is 2.81. The molecule has 0 radical (unpaired) electrons. The Morgan fingerprint density at radius 1 is 1.26 bits per heavy atom. The summed E-state index contributed by atoms with van der Waals surface area (Å²) in [5, 5.41) is 13.8. The predicted molar refractivity (Wildman–Crippen MR) is 91.2 cm³/mol. The molecule has 0 bridgehead atoms. The highest BCUT2D eigenvalue weighted by Gasteiger charge is 2.17. The maximum atomic E-state index is 11.4. The summed E-state index contributed by atoms with van der Waals surface area (Å²) in [6.45, 7) is 0. The number of halogens is 1. The Labute approximate surface area is 138 Å². The van der Waals surface area contributed by atoms with Gasteiger partial charge in [0.1, 0.15) is 11.4 Å². The summed E-state index contributed by atoms with van der Waals surface area (Å²) in [5.74, 6) is -0.259. The molecule has 0 aliphatic heterocycles. The first-order chi connectivity index (χ1) is 11.0. The summed E-state index contributed by atoms with van der Waals surface area (Å²) in [6, 6.07) is 12.7. The number of methoxy groups -OCH3 is 1.